The second-order valence-electron chi connectivity index (χ2n) is 5.05. The van der Waals surface area contributed by atoms with Crippen molar-refractivity contribution in [2.45, 2.75) is 20.3 Å². The van der Waals surface area contributed by atoms with E-state index >= 15 is 0 Å². The highest BCUT2D eigenvalue weighted by Crippen LogP contribution is 2.22. The summed E-state index contributed by atoms with van der Waals surface area (Å²) in [7, 11) is 0. The Balaban J connectivity index is 2.15. The lowest BCUT2D eigenvalue weighted by atomic mass is 9.87. The number of furan rings is 1. The van der Waals surface area contributed by atoms with E-state index in [0.717, 1.165) is 5.39 Å². The molecule has 0 fully saturated rings. The number of carboxylic acids is 1. The first-order valence-electron chi connectivity index (χ1n) is 6.46. The molecule has 2 rings (SSSR count). The van der Waals surface area contributed by atoms with Gasteiger partial charge in [-0.25, -0.2) is 0 Å². The van der Waals surface area contributed by atoms with E-state index in [1.54, 1.807) is 26.0 Å². The summed E-state index contributed by atoms with van der Waals surface area (Å²) in [6.45, 7) is 3.48. The Labute approximate surface area is 116 Å². The van der Waals surface area contributed by atoms with Crippen molar-refractivity contribution in [2.75, 3.05) is 6.54 Å². The van der Waals surface area contributed by atoms with E-state index in [9.17, 15) is 14.7 Å². The van der Waals surface area contributed by atoms with Gasteiger partial charge in [-0.15, -0.1) is 0 Å². The Kier molecular flexibility index (Phi) is 3.79. The quantitative estimate of drug-likeness (QED) is 0.879. The van der Waals surface area contributed by atoms with Crippen molar-refractivity contribution in [3.8, 4) is 0 Å². The number of hydrogen-bond acceptors (Lipinski definition) is 3. The van der Waals surface area contributed by atoms with Gasteiger partial charge in [0.1, 0.15) is 11.8 Å². The number of benzene rings is 1. The highest BCUT2D eigenvalue weighted by Gasteiger charge is 2.31. The molecule has 5 heteroatoms. The Morgan fingerprint density at radius 1 is 1.35 bits per heavy atom. The molecule has 106 valence electrons. The van der Waals surface area contributed by atoms with Gasteiger partial charge in [-0.1, -0.05) is 25.1 Å². The highest BCUT2D eigenvalue weighted by molar-refractivity contribution is 6.06. The molecule has 20 heavy (non-hydrogen) atoms. The summed E-state index contributed by atoms with van der Waals surface area (Å²) in [6, 6.07) is 7.22. The molecule has 1 aromatic heterocycles. The van der Waals surface area contributed by atoms with Crippen molar-refractivity contribution >= 4 is 22.8 Å². The fourth-order valence-corrected chi connectivity index (χ4v) is 1.88. The maximum Gasteiger partial charge on any atom is 0.311 e. The van der Waals surface area contributed by atoms with Crippen LogP contribution in [0.15, 0.2) is 34.9 Å². The minimum absolute atomic E-state index is 0.0805. The van der Waals surface area contributed by atoms with E-state index in [0.29, 0.717) is 17.6 Å². The zero-order chi connectivity index (χ0) is 14.8. The van der Waals surface area contributed by atoms with Gasteiger partial charge in [0.15, 0.2) is 0 Å². The Hall–Kier alpha value is -2.30. The Morgan fingerprint density at radius 3 is 2.70 bits per heavy atom. The number of hydrogen-bond donors (Lipinski definition) is 2. The summed E-state index contributed by atoms with van der Waals surface area (Å²) in [5.41, 5.74) is 0.0911. The van der Waals surface area contributed by atoms with Gasteiger partial charge in [0.05, 0.1) is 11.0 Å². The summed E-state index contributed by atoms with van der Waals surface area (Å²) in [4.78, 5) is 23.3. The smallest absolute Gasteiger partial charge is 0.311 e. The van der Waals surface area contributed by atoms with Crippen molar-refractivity contribution in [2.24, 2.45) is 5.41 Å². The van der Waals surface area contributed by atoms with Gasteiger partial charge in [0.2, 0.25) is 0 Å². The normalized spacial score (nSPS) is 13.9. The number of amides is 1. The van der Waals surface area contributed by atoms with E-state index in [1.165, 1.54) is 6.26 Å². The molecule has 1 heterocycles. The number of rotatable bonds is 5. The topological polar surface area (TPSA) is 79.5 Å². The largest absolute Gasteiger partial charge is 0.481 e. The van der Waals surface area contributed by atoms with Gasteiger partial charge in [-0.3, -0.25) is 9.59 Å². The predicted molar refractivity (Wildman–Crippen MR) is 74.6 cm³/mol. The first kappa shape index (κ1) is 14.1. The molecular formula is C15H17NO4. The average molecular weight is 275 g/mol. The van der Waals surface area contributed by atoms with Crippen LogP contribution < -0.4 is 5.32 Å². The number of nitrogens with one attached hydrogen (secondary N) is 1. The molecule has 1 atom stereocenters. The lowest BCUT2D eigenvalue weighted by molar-refractivity contribution is -0.147. The van der Waals surface area contributed by atoms with Crippen LogP contribution in [0.25, 0.3) is 11.0 Å². The van der Waals surface area contributed by atoms with Crippen LogP contribution in [0.3, 0.4) is 0 Å². The number of para-hydroxylation sites is 1. The van der Waals surface area contributed by atoms with E-state index in [1.807, 2.05) is 12.1 Å². The number of carboxylic acid groups (broad SMARTS) is 1. The molecule has 0 spiro atoms. The van der Waals surface area contributed by atoms with E-state index < -0.39 is 11.4 Å². The van der Waals surface area contributed by atoms with Gasteiger partial charge in [0.25, 0.3) is 5.91 Å². The zero-order valence-corrected chi connectivity index (χ0v) is 11.5. The van der Waals surface area contributed by atoms with Crippen molar-refractivity contribution in [3.05, 3.63) is 36.1 Å². The van der Waals surface area contributed by atoms with Gasteiger partial charge in [0, 0.05) is 11.9 Å². The summed E-state index contributed by atoms with van der Waals surface area (Å²) in [5.74, 6) is -1.24. The molecule has 1 amide bonds. The lowest BCUT2D eigenvalue weighted by Gasteiger charge is -2.23. The van der Waals surface area contributed by atoms with E-state index in [2.05, 4.69) is 5.32 Å². The lowest BCUT2D eigenvalue weighted by Crippen LogP contribution is -2.40. The number of carbonyl (C=O) groups excluding carboxylic acids is 1. The standard InChI is InChI=1S/C15H17NO4/c1-3-15(2,14(18)19)9-16-13(17)11-8-20-12-7-5-4-6-10(11)12/h4-8H,3,9H2,1-2H3,(H,16,17)(H,18,19). The van der Waals surface area contributed by atoms with Gasteiger partial charge < -0.3 is 14.8 Å². The first-order valence-corrected chi connectivity index (χ1v) is 6.46. The Morgan fingerprint density at radius 2 is 2.05 bits per heavy atom. The molecule has 1 aromatic carbocycles. The molecule has 0 aliphatic heterocycles. The Bertz CT molecular complexity index is 646. The summed E-state index contributed by atoms with van der Waals surface area (Å²) >= 11 is 0. The van der Waals surface area contributed by atoms with Crippen LogP contribution in [0.4, 0.5) is 0 Å². The molecular weight excluding hydrogens is 258 g/mol. The van der Waals surface area contributed by atoms with Gasteiger partial charge in [-0.05, 0) is 19.4 Å². The maximum atomic E-state index is 12.1. The zero-order valence-electron chi connectivity index (χ0n) is 11.5. The maximum absolute atomic E-state index is 12.1. The molecule has 2 aromatic rings. The summed E-state index contributed by atoms with van der Waals surface area (Å²) in [6.07, 6.45) is 1.83. The third-order valence-electron chi connectivity index (χ3n) is 3.66. The van der Waals surface area contributed by atoms with Crippen molar-refractivity contribution < 1.29 is 19.1 Å². The molecule has 0 saturated heterocycles. The van der Waals surface area contributed by atoms with Crippen LogP contribution in [-0.4, -0.2) is 23.5 Å². The molecule has 0 radical (unpaired) electrons. The van der Waals surface area contributed by atoms with Crippen molar-refractivity contribution in [1.82, 2.24) is 5.32 Å². The average Bonchev–Trinajstić information content (AvgIpc) is 2.88. The third-order valence-corrected chi connectivity index (χ3v) is 3.66. The molecule has 2 N–H and O–H groups in total. The minimum atomic E-state index is -0.963. The molecule has 0 aliphatic carbocycles. The van der Waals surface area contributed by atoms with Crippen LogP contribution in [0.5, 0.6) is 0 Å². The van der Waals surface area contributed by atoms with E-state index in [-0.39, 0.29) is 12.5 Å². The summed E-state index contributed by atoms with van der Waals surface area (Å²) < 4.78 is 5.30. The fourth-order valence-electron chi connectivity index (χ4n) is 1.88. The monoisotopic (exact) mass is 275 g/mol. The van der Waals surface area contributed by atoms with Crippen LogP contribution in [0.2, 0.25) is 0 Å². The van der Waals surface area contributed by atoms with Crippen LogP contribution >= 0.6 is 0 Å². The number of carbonyl (C=O) groups is 2. The minimum Gasteiger partial charge on any atom is -0.481 e. The second kappa shape index (κ2) is 5.36. The van der Waals surface area contributed by atoms with Crippen molar-refractivity contribution in [1.29, 1.82) is 0 Å². The molecule has 0 aliphatic rings. The van der Waals surface area contributed by atoms with Crippen molar-refractivity contribution in [3.63, 3.8) is 0 Å². The fraction of sp³-hybridized carbons (Fsp3) is 0.333. The highest BCUT2D eigenvalue weighted by atomic mass is 16.4. The number of aliphatic carboxylic acids is 1. The number of fused-ring (bicyclic) bond motifs is 1. The SMILES string of the molecule is CCC(C)(CNC(=O)c1coc2ccccc12)C(=O)O. The summed E-state index contributed by atoms with van der Waals surface area (Å²) in [5, 5.41) is 12.6. The molecule has 0 bridgehead atoms. The molecule has 5 nitrogen and oxygen atoms in total. The molecule has 1 unspecified atom stereocenters. The van der Waals surface area contributed by atoms with Crippen LogP contribution in [0.1, 0.15) is 30.6 Å². The third kappa shape index (κ3) is 2.52. The predicted octanol–water partition coefficient (Wildman–Crippen LogP) is 2.66. The van der Waals surface area contributed by atoms with Gasteiger partial charge in [-0.2, -0.15) is 0 Å². The van der Waals surface area contributed by atoms with Crippen LogP contribution in [-0.2, 0) is 4.79 Å². The van der Waals surface area contributed by atoms with Gasteiger partial charge >= 0.3 is 5.97 Å². The van der Waals surface area contributed by atoms with E-state index in [4.69, 9.17) is 4.42 Å². The second-order valence-corrected chi connectivity index (χ2v) is 5.05. The molecule has 0 saturated carbocycles. The van der Waals surface area contributed by atoms with Crippen LogP contribution in [0, 0.1) is 5.41 Å². The first-order chi connectivity index (χ1) is 9.48.